The minimum absolute atomic E-state index is 0.208. The summed E-state index contributed by atoms with van der Waals surface area (Å²) >= 11 is 0.569. The van der Waals surface area contributed by atoms with Gasteiger partial charge in [-0.3, -0.25) is 9.11 Å². The third-order valence-electron chi connectivity index (χ3n) is 0.406. The maximum absolute atomic E-state index is 9.28. The molecule has 0 saturated carbocycles. The van der Waals surface area contributed by atoms with E-state index in [0.29, 0.717) is 18.3 Å². The predicted octanol–water partition coefficient (Wildman–Crippen LogP) is -0.631. The number of nitrogens with two attached hydrogens (primary N) is 1. The van der Waals surface area contributed by atoms with Crippen LogP contribution in [0.3, 0.4) is 0 Å². The average molecular weight is 276 g/mol. The van der Waals surface area contributed by atoms with Crippen LogP contribution in [0.4, 0.5) is 4.79 Å². The van der Waals surface area contributed by atoms with Gasteiger partial charge in [-0.2, -0.15) is 8.42 Å². The number of H-pyrrole nitrogens is 1. The summed E-state index contributed by atoms with van der Waals surface area (Å²) in [7, 11) is -4.67. The van der Waals surface area contributed by atoms with Crippen LogP contribution in [0.5, 0.6) is 0 Å². The first-order valence-corrected chi connectivity index (χ1v) is 5.85. The van der Waals surface area contributed by atoms with Crippen LogP contribution >= 0.6 is 0 Å². The summed E-state index contributed by atoms with van der Waals surface area (Å²) in [4.78, 5) is 15.7. The fourth-order valence-electron chi connectivity index (χ4n) is 0.215. The fourth-order valence-corrected chi connectivity index (χ4v) is 0.215. The molecule has 0 fully saturated rings. The van der Waals surface area contributed by atoms with Crippen LogP contribution in [0.1, 0.15) is 0 Å². The van der Waals surface area contributed by atoms with Gasteiger partial charge < -0.3 is 4.98 Å². The molecule has 0 unspecified atom stereocenters. The number of primary amides is 1. The molecule has 1 aromatic rings. The Bertz CT molecular complexity index is 294. The molecular formula is C4H8N3O5SZn. The molecule has 0 bridgehead atoms. The number of aromatic amines is 1. The van der Waals surface area contributed by atoms with E-state index in [1.165, 1.54) is 0 Å². The summed E-state index contributed by atoms with van der Waals surface area (Å²) in [5.41, 5.74) is 4.53. The van der Waals surface area contributed by atoms with Crippen LogP contribution in [-0.2, 0) is 28.7 Å². The molecule has 10 heteroatoms. The molecule has 0 aromatic carbocycles. The predicted molar refractivity (Wildman–Crippen MR) is 42.3 cm³/mol. The Kier molecular flexibility index (Phi) is 9.78. The number of amides is 1. The third-order valence-corrected chi connectivity index (χ3v) is 0.406. The second-order valence-electron chi connectivity index (χ2n) is 1.67. The molecule has 0 spiro atoms. The zero-order valence-corrected chi connectivity index (χ0v) is 10.8. The van der Waals surface area contributed by atoms with Gasteiger partial charge in [0.25, 0.3) is 0 Å². The molecule has 0 aliphatic carbocycles. The Morgan fingerprint density at radius 2 is 1.86 bits per heavy atom. The first kappa shape index (κ1) is 15.6. The average Bonchev–Trinajstić information content (AvgIpc) is 2.32. The van der Waals surface area contributed by atoms with E-state index in [9.17, 15) is 4.79 Å². The summed E-state index contributed by atoms with van der Waals surface area (Å²) < 4.78 is 31.4. The van der Waals surface area contributed by atoms with Crippen molar-refractivity contribution in [3.63, 3.8) is 0 Å². The molecule has 1 amide bonds. The normalized spacial score (nSPS) is 8.86. The van der Waals surface area contributed by atoms with E-state index in [4.69, 9.17) is 17.5 Å². The number of carbonyl (C=O) groups excluding carboxylic acids is 1. The van der Waals surface area contributed by atoms with Crippen LogP contribution in [-0.4, -0.2) is 32.0 Å². The number of aromatic nitrogens is 2. The van der Waals surface area contributed by atoms with Crippen LogP contribution < -0.4 is 5.73 Å². The van der Waals surface area contributed by atoms with E-state index in [-0.39, 0.29) is 4.50 Å². The Labute approximate surface area is 90.2 Å². The molecule has 1 heterocycles. The second-order valence-corrected chi connectivity index (χ2v) is 4.03. The van der Waals surface area contributed by atoms with E-state index in [2.05, 4.69) is 15.7 Å². The van der Waals surface area contributed by atoms with E-state index >= 15 is 0 Å². The van der Waals surface area contributed by atoms with Gasteiger partial charge in [0.15, 0.2) is 0 Å². The molecule has 14 heavy (non-hydrogen) atoms. The zero-order valence-electron chi connectivity index (χ0n) is 6.99. The van der Waals surface area contributed by atoms with Gasteiger partial charge in [0, 0.05) is 12.4 Å². The quantitative estimate of drug-likeness (QED) is 0.366. The van der Waals surface area contributed by atoms with Crippen molar-refractivity contribution in [2.75, 3.05) is 0 Å². The summed E-state index contributed by atoms with van der Waals surface area (Å²) in [6, 6.07) is 0. The van der Waals surface area contributed by atoms with Crippen LogP contribution in [0.15, 0.2) is 18.7 Å². The smallest absolute Gasteiger partial charge is 0.351 e. The van der Waals surface area contributed by atoms with Gasteiger partial charge in [0.1, 0.15) is 0 Å². The zero-order chi connectivity index (χ0) is 11.6. The summed E-state index contributed by atoms with van der Waals surface area (Å²) in [6.07, 6.45) is 5.08. The standard InChI is InChI=1S/C3H4N2.CH2NO.H2O4S.Zn/c1-2-5-3-4-1;2-1-3;1-5(2,3)4;/h1-3H,(H,4,5);(H2,2,3);(H2,1,2,3,4);. The monoisotopic (exact) mass is 274 g/mol. The van der Waals surface area contributed by atoms with Crippen LogP contribution in [0, 0.1) is 0 Å². The number of rotatable bonds is 0. The Balaban J connectivity index is 0. The minimum atomic E-state index is -4.67. The Morgan fingerprint density at radius 1 is 1.50 bits per heavy atom. The van der Waals surface area contributed by atoms with Gasteiger partial charge in [-0.15, -0.1) is 0 Å². The number of hydrogen-bond donors (Lipinski definition) is 4. The number of imidazole rings is 1. The summed E-state index contributed by atoms with van der Waals surface area (Å²) in [5.74, 6) is 0. The van der Waals surface area contributed by atoms with Crippen molar-refractivity contribution in [2.24, 2.45) is 5.73 Å². The number of nitrogens with zero attached hydrogens (tertiary/aromatic N) is 1. The van der Waals surface area contributed by atoms with E-state index in [0.717, 1.165) is 0 Å². The van der Waals surface area contributed by atoms with E-state index in [1.807, 2.05) is 0 Å². The van der Waals surface area contributed by atoms with Crippen molar-refractivity contribution < 1.29 is 40.6 Å². The van der Waals surface area contributed by atoms with Crippen molar-refractivity contribution in [1.82, 2.24) is 9.97 Å². The van der Waals surface area contributed by atoms with Crippen LogP contribution in [0.2, 0.25) is 0 Å². The first-order valence-electron chi connectivity index (χ1n) is 2.97. The number of carbonyl (C=O) groups is 1. The van der Waals surface area contributed by atoms with E-state index in [1.54, 1.807) is 18.7 Å². The van der Waals surface area contributed by atoms with Crippen molar-refractivity contribution >= 4 is 14.9 Å². The largest absolute Gasteiger partial charge is 0.394 e. The molecule has 0 aliphatic rings. The molecule has 1 rings (SSSR count). The van der Waals surface area contributed by atoms with Gasteiger partial charge in [0.05, 0.1) is 6.33 Å². The number of hydrogen-bond acceptors (Lipinski definition) is 4. The summed E-state index contributed by atoms with van der Waals surface area (Å²) in [6.45, 7) is 0. The topological polar surface area (TPSA) is 146 Å². The molecule has 0 radical (unpaired) electrons. The van der Waals surface area contributed by atoms with Crippen LogP contribution in [0.25, 0.3) is 0 Å². The molecule has 0 aliphatic heterocycles. The van der Waals surface area contributed by atoms with Crippen molar-refractivity contribution in [3.05, 3.63) is 18.7 Å². The van der Waals surface area contributed by atoms with Crippen molar-refractivity contribution in [1.29, 1.82) is 0 Å². The molecule has 0 atom stereocenters. The number of nitrogens with one attached hydrogen (secondary N) is 1. The Morgan fingerprint density at radius 3 is 1.93 bits per heavy atom. The molecule has 8 nitrogen and oxygen atoms in total. The SMILES string of the molecule is N[C](=O)[Zn].O=S(=O)(O)O.c1c[nH]cn1. The van der Waals surface area contributed by atoms with Crippen molar-refractivity contribution in [2.45, 2.75) is 0 Å². The molecular weight excluding hydrogens is 268 g/mol. The van der Waals surface area contributed by atoms with Crippen molar-refractivity contribution in [3.8, 4) is 0 Å². The van der Waals surface area contributed by atoms with Gasteiger partial charge in [-0.25, -0.2) is 4.98 Å². The molecule has 1 aromatic heterocycles. The Hall–Kier alpha value is -0.827. The van der Waals surface area contributed by atoms with Gasteiger partial charge in [0.2, 0.25) is 0 Å². The first-order chi connectivity index (χ1) is 6.23. The van der Waals surface area contributed by atoms with Gasteiger partial charge in [-0.1, -0.05) is 0 Å². The van der Waals surface area contributed by atoms with Gasteiger partial charge in [-0.05, 0) is 0 Å². The molecule has 0 saturated heterocycles. The third kappa shape index (κ3) is 66.4. The van der Waals surface area contributed by atoms with E-state index < -0.39 is 10.4 Å². The maximum Gasteiger partial charge on any atom is 0.394 e. The second kappa shape index (κ2) is 8.76. The maximum atomic E-state index is 9.28. The van der Waals surface area contributed by atoms with Gasteiger partial charge >= 0.3 is 43.7 Å². The molecule has 77 valence electrons. The fraction of sp³-hybridized carbons (Fsp3) is 0. The summed E-state index contributed by atoms with van der Waals surface area (Å²) in [5, 5.41) is 0. The molecule has 5 N–H and O–H groups in total. The minimum Gasteiger partial charge on any atom is -0.351 e.